The second-order valence-corrected chi connectivity index (χ2v) is 5.50. The predicted molar refractivity (Wildman–Crippen MR) is 72.8 cm³/mol. The lowest BCUT2D eigenvalue weighted by molar-refractivity contribution is -0.126. The Labute approximate surface area is 113 Å². The molecule has 3 rings (SSSR count). The molecule has 1 N–H and O–H groups in total. The standard InChI is InChI=1S/C14H20N4O/c19-14(16-12-5-1-6-12)11-4-3-9-18(10-11)13-7-2-8-15-17-13/h2,7-8,11-12H,1,3-6,9-10H2,(H,16,19)/t11-/m0/s1. The number of carbonyl (C=O) groups excluding carboxylic acids is 1. The largest absolute Gasteiger partial charge is 0.354 e. The number of nitrogens with zero attached hydrogens (tertiary/aromatic N) is 3. The van der Waals surface area contributed by atoms with Crippen molar-refractivity contribution in [1.82, 2.24) is 15.5 Å². The third-order valence-corrected chi connectivity index (χ3v) is 4.13. The van der Waals surface area contributed by atoms with E-state index in [1.807, 2.05) is 12.1 Å². The summed E-state index contributed by atoms with van der Waals surface area (Å²) in [5.74, 6) is 1.19. The zero-order valence-corrected chi connectivity index (χ0v) is 11.1. The maximum atomic E-state index is 12.2. The van der Waals surface area contributed by atoms with E-state index in [4.69, 9.17) is 0 Å². The van der Waals surface area contributed by atoms with Crippen molar-refractivity contribution < 1.29 is 4.79 Å². The Kier molecular flexibility index (Phi) is 3.62. The highest BCUT2D eigenvalue weighted by molar-refractivity contribution is 5.80. The number of anilines is 1. The van der Waals surface area contributed by atoms with Crippen LogP contribution in [0.3, 0.4) is 0 Å². The minimum atomic E-state index is 0.0938. The molecule has 0 spiro atoms. The highest BCUT2D eigenvalue weighted by Crippen LogP contribution is 2.23. The Hall–Kier alpha value is -1.65. The van der Waals surface area contributed by atoms with Gasteiger partial charge in [-0.05, 0) is 44.2 Å². The summed E-state index contributed by atoms with van der Waals surface area (Å²) >= 11 is 0. The molecule has 0 radical (unpaired) electrons. The molecular weight excluding hydrogens is 240 g/mol. The number of aromatic nitrogens is 2. The average molecular weight is 260 g/mol. The maximum Gasteiger partial charge on any atom is 0.225 e. The smallest absolute Gasteiger partial charge is 0.225 e. The van der Waals surface area contributed by atoms with Gasteiger partial charge >= 0.3 is 0 Å². The molecule has 1 saturated carbocycles. The van der Waals surface area contributed by atoms with Crippen molar-refractivity contribution in [2.75, 3.05) is 18.0 Å². The fraction of sp³-hybridized carbons (Fsp3) is 0.643. The second kappa shape index (κ2) is 5.55. The van der Waals surface area contributed by atoms with Gasteiger partial charge in [-0.3, -0.25) is 4.79 Å². The first-order valence-electron chi connectivity index (χ1n) is 7.16. The first kappa shape index (κ1) is 12.4. The Morgan fingerprint density at radius 1 is 1.32 bits per heavy atom. The van der Waals surface area contributed by atoms with Crippen molar-refractivity contribution in [1.29, 1.82) is 0 Å². The minimum Gasteiger partial charge on any atom is -0.354 e. The van der Waals surface area contributed by atoms with Crippen molar-refractivity contribution in [3.8, 4) is 0 Å². The first-order valence-corrected chi connectivity index (χ1v) is 7.16. The second-order valence-electron chi connectivity index (χ2n) is 5.50. The van der Waals surface area contributed by atoms with Crippen LogP contribution in [0, 0.1) is 5.92 Å². The normalized spacial score (nSPS) is 23.8. The molecule has 0 aromatic carbocycles. The Morgan fingerprint density at radius 3 is 2.89 bits per heavy atom. The number of carbonyl (C=O) groups is 1. The van der Waals surface area contributed by atoms with Crippen LogP contribution in [0.5, 0.6) is 0 Å². The number of piperidine rings is 1. The monoisotopic (exact) mass is 260 g/mol. The summed E-state index contributed by atoms with van der Waals surface area (Å²) in [6, 6.07) is 4.28. The maximum absolute atomic E-state index is 12.2. The van der Waals surface area contributed by atoms with Gasteiger partial charge in [-0.25, -0.2) is 0 Å². The van der Waals surface area contributed by atoms with Crippen molar-refractivity contribution in [3.05, 3.63) is 18.3 Å². The molecule has 102 valence electrons. The third-order valence-electron chi connectivity index (χ3n) is 4.13. The predicted octanol–water partition coefficient (Wildman–Crippen LogP) is 1.36. The molecule has 5 nitrogen and oxygen atoms in total. The number of rotatable bonds is 3. The Bertz CT molecular complexity index is 432. The summed E-state index contributed by atoms with van der Waals surface area (Å²) in [6.07, 6.45) is 7.24. The fourth-order valence-electron chi connectivity index (χ4n) is 2.73. The lowest BCUT2D eigenvalue weighted by Gasteiger charge is -2.34. The van der Waals surface area contributed by atoms with Gasteiger partial charge in [-0.1, -0.05) is 0 Å². The van der Waals surface area contributed by atoms with Crippen LogP contribution in [0.15, 0.2) is 18.3 Å². The number of hydrogen-bond acceptors (Lipinski definition) is 4. The van der Waals surface area contributed by atoms with E-state index in [9.17, 15) is 4.79 Å². The SMILES string of the molecule is O=C(NC1CCC1)[C@H]1CCCN(c2cccnn2)C1. The molecular formula is C14H20N4O. The molecule has 1 amide bonds. The zero-order valence-electron chi connectivity index (χ0n) is 11.1. The van der Waals surface area contributed by atoms with E-state index in [1.54, 1.807) is 6.20 Å². The van der Waals surface area contributed by atoms with Gasteiger partial charge < -0.3 is 10.2 Å². The highest BCUT2D eigenvalue weighted by atomic mass is 16.2. The average Bonchev–Trinajstić information content (AvgIpc) is 2.44. The number of amides is 1. The summed E-state index contributed by atoms with van der Waals surface area (Å²) in [4.78, 5) is 14.4. The van der Waals surface area contributed by atoms with Gasteiger partial charge in [0.1, 0.15) is 0 Å². The molecule has 1 aliphatic carbocycles. The van der Waals surface area contributed by atoms with Crippen LogP contribution < -0.4 is 10.2 Å². The van der Waals surface area contributed by atoms with Crippen LogP contribution in [0.2, 0.25) is 0 Å². The summed E-state index contributed by atoms with van der Waals surface area (Å²) < 4.78 is 0. The minimum absolute atomic E-state index is 0.0938. The van der Waals surface area contributed by atoms with E-state index in [0.717, 1.165) is 44.6 Å². The summed E-state index contributed by atoms with van der Waals surface area (Å²) in [7, 11) is 0. The van der Waals surface area contributed by atoms with Crippen LogP contribution in [0.25, 0.3) is 0 Å². The summed E-state index contributed by atoms with van der Waals surface area (Å²) in [5, 5.41) is 11.2. The van der Waals surface area contributed by atoms with Gasteiger partial charge in [0.15, 0.2) is 5.82 Å². The van der Waals surface area contributed by atoms with Gasteiger partial charge in [0, 0.05) is 25.3 Å². The first-order chi connectivity index (χ1) is 9.33. The van der Waals surface area contributed by atoms with E-state index < -0.39 is 0 Å². The Balaban J connectivity index is 1.59. The number of nitrogens with one attached hydrogen (secondary N) is 1. The van der Waals surface area contributed by atoms with Crippen LogP contribution in [-0.2, 0) is 4.79 Å². The molecule has 1 aromatic rings. The molecule has 0 bridgehead atoms. The zero-order chi connectivity index (χ0) is 13.1. The van der Waals surface area contributed by atoms with Crippen LogP contribution in [0.4, 0.5) is 5.82 Å². The van der Waals surface area contributed by atoms with E-state index in [0.29, 0.717) is 6.04 Å². The molecule has 2 heterocycles. The van der Waals surface area contributed by atoms with Crippen LogP contribution in [-0.4, -0.2) is 35.2 Å². The molecule has 1 aromatic heterocycles. The van der Waals surface area contributed by atoms with E-state index in [1.165, 1.54) is 6.42 Å². The highest BCUT2D eigenvalue weighted by Gasteiger charge is 2.29. The Morgan fingerprint density at radius 2 is 2.21 bits per heavy atom. The van der Waals surface area contributed by atoms with Crippen molar-refractivity contribution >= 4 is 11.7 Å². The molecule has 0 unspecified atom stereocenters. The molecule has 2 fully saturated rings. The molecule has 1 saturated heterocycles. The van der Waals surface area contributed by atoms with Crippen molar-refractivity contribution in [3.63, 3.8) is 0 Å². The molecule has 1 atom stereocenters. The summed E-state index contributed by atoms with van der Waals surface area (Å²) in [5.41, 5.74) is 0. The summed E-state index contributed by atoms with van der Waals surface area (Å²) in [6.45, 7) is 1.73. The van der Waals surface area contributed by atoms with E-state index >= 15 is 0 Å². The van der Waals surface area contributed by atoms with Crippen LogP contribution in [0.1, 0.15) is 32.1 Å². The van der Waals surface area contributed by atoms with Gasteiger partial charge in [0.25, 0.3) is 0 Å². The van der Waals surface area contributed by atoms with E-state index in [-0.39, 0.29) is 11.8 Å². The van der Waals surface area contributed by atoms with Crippen molar-refractivity contribution in [2.45, 2.75) is 38.1 Å². The fourth-order valence-corrected chi connectivity index (χ4v) is 2.73. The molecule has 19 heavy (non-hydrogen) atoms. The van der Waals surface area contributed by atoms with E-state index in [2.05, 4.69) is 20.4 Å². The van der Waals surface area contributed by atoms with Crippen molar-refractivity contribution in [2.24, 2.45) is 5.92 Å². The van der Waals surface area contributed by atoms with Gasteiger partial charge in [0.2, 0.25) is 5.91 Å². The van der Waals surface area contributed by atoms with Gasteiger partial charge in [0.05, 0.1) is 5.92 Å². The lowest BCUT2D eigenvalue weighted by atomic mass is 9.91. The lowest BCUT2D eigenvalue weighted by Crippen LogP contribution is -2.48. The quantitative estimate of drug-likeness (QED) is 0.891. The van der Waals surface area contributed by atoms with Gasteiger partial charge in [-0.15, -0.1) is 5.10 Å². The third kappa shape index (κ3) is 2.85. The molecule has 5 heteroatoms. The van der Waals surface area contributed by atoms with Crippen LogP contribution >= 0.6 is 0 Å². The topological polar surface area (TPSA) is 58.1 Å². The van der Waals surface area contributed by atoms with Gasteiger partial charge in [-0.2, -0.15) is 5.10 Å². The molecule has 2 aliphatic rings. The molecule has 1 aliphatic heterocycles. The number of hydrogen-bond donors (Lipinski definition) is 1.